The lowest BCUT2D eigenvalue weighted by molar-refractivity contribution is 0.796. The van der Waals surface area contributed by atoms with Crippen LogP contribution in [0.15, 0.2) is 23.4 Å². The smallest absolute Gasteiger partial charge is 0.210 e. The van der Waals surface area contributed by atoms with Crippen LogP contribution in [0.4, 0.5) is 0 Å². The number of nitrogens with zero attached hydrogens (tertiary/aromatic N) is 3. The van der Waals surface area contributed by atoms with E-state index in [1.165, 1.54) is 16.4 Å². The fourth-order valence-electron chi connectivity index (χ4n) is 1.45. The summed E-state index contributed by atoms with van der Waals surface area (Å²) in [7, 11) is 0. The zero-order valence-corrected chi connectivity index (χ0v) is 12.1. The van der Waals surface area contributed by atoms with Gasteiger partial charge in [0, 0.05) is 22.2 Å². The third-order valence-corrected chi connectivity index (χ3v) is 4.14. The maximum Gasteiger partial charge on any atom is 0.210 e. The predicted molar refractivity (Wildman–Crippen MR) is 75.6 cm³/mol. The van der Waals surface area contributed by atoms with E-state index in [4.69, 9.17) is 29.0 Å². The molecule has 4 nitrogen and oxygen atoms in total. The number of rotatable bonds is 4. The summed E-state index contributed by atoms with van der Waals surface area (Å²) in [5, 5.41) is 9.97. The molecule has 2 rings (SSSR count). The van der Waals surface area contributed by atoms with Crippen molar-refractivity contribution < 1.29 is 0 Å². The molecule has 2 N–H and O–H groups in total. The highest BCUT2D eigenvalue weighted by Crippen LogP contribution is 2.30. The summed E-state index contributed by atoms with van der Waals surface area (Å²) in [6.07, 6.45) is 0.747. The Hall–Kier alpha value is -0.910. The Morgan fingerprint density at radius 1 is 1.28 bits per heavy atom. The summed E-state index contributed by atoms with van der Waals surface area (Å²) in [6.45, 7) is 1.98. The van der Waals surface area contributed by atoms with Gasteiger partial charge in [0.1, 0.15) is 0 Å². The first kappa shape index (κ1) is 13.5. The summed E-state index contributed by atoms with van der Waals surface area (Å²) in [5.41, 5.74) is 0.881. The standard InChI is InChI=1S/C11H12Cl2N4S/c1-2-10-15-16-11(17(10)14)18-6-7-8(12)4-3-5-9(7)13/h3-5H,2,6,14H2,1H3. The van der Waals surface area contributed by atoms with Crippen molar-refractivity contribution in [2.45, 2.75) is 24.3 Å². The van der Waals surface area contributed by atoms with Crippen molar-refractivity contribution in [2.24, 2.45) is 0 Å². The van der Waals surface area contributed by atoms with E-state index in [0.29, 0.717) is 21.0 Å². The Kier molecular flexibility index (Phi) is 4.37. The van der Waals surface area contributed by atoms with Crippen LogP contribution in [0.25, 0.3) is 0 Å². The van der Waals surface area contributed by atoms with Crippen LogP contribution in [0.5, 0.6) is 0 Å². The van der Waals surface area contributed by atoms with Gasteiger partial charge in [-0.15, -0.1) is 10.2 Å². The lowest BCUT2D eigenvalue weighted by Gasteiger charge is -2.06. The quantitative estimate of drug-likeness (QED) is 0.696. The van der Waals surface area contributed by atoms with Crippen LogP contribution in [0.3, 0.4) is 0 Å². The number of hydrogen-bond donors (Lipinski definition) is 1. The van der Waals surface area contributed by atoms with Crippen LogP contribution in [-0.4, -0.2) is 14.9 Å². The van der Waals surface area contributed by atoms with Gasteiger partial charge in [0.15, 0.2) is 5.82 Å². The molecule has 1 heterocycles. The van der Waals surface area contributed by atoms with Crippen LogP contribution >= 0.6 is 35.0 Å². The van der Waals surface area contributed by atoms with Crippen molar-refractivity contribution in [3.05, 3.63) is 39.6 Å². The molecule has 0 fully saturated rings. The molecule has 1 aromatic heterocycles. The second-order valence-corrected chi connectivity index (χ2v) is 5.37. The SMILES string of the molecule is CCc1nnc(SCc2c(Cl)cccc2Cl)n1N. The number of nitrogens with two attached hydrogens (primary N) is 1. The molecule has 0 spiro atoms. The lowest BCUT2D eigenvalue weighted by Crippen LogP contribution is -2.13. The number of hydrogen-bond acceptors (Lipinski definition) is 4. The molecule has 0 unspecified atom stereocenters. The predicted octanol–water partition coefficient (Wildman–Crippen LogP) is 3.15. The van der Waals surface area contributed by atoms with Crippen LogP contribution in [0, 0.1) is 0 Å². The first-order valence-corrected chi connectivity index (χ1v) is 7.12. The number of thioether (sulfide) groups is 1. The van der Waals surface area contributed by atoms with Gasteiger partial charge in [-0.2, -0.15) is 0 Å². The Morgan fingerprint density at radius 2 is 1.94 bits per heavy atom. The first-order chi connectivity index (χ1) is 8.63. The minimum atomic E-state index is 0.609. The van der Waals surface area contributed by atoms with Crippen LogP contribution < -0.4 is 5.84 Å². The molecule has 7 heteroatoms. The van der Waals surface area contributed by atoms with Crippen LogP contribution in [0.2, 0.25) is 10.0 Å². The van der Waals surface area contributed by atoms with Crippen molar-refractivity contribution >= 4 is 35.0 Å². The van der Waals surface area contributed by atoms with Gasteiger partial charge in [-0.1, -0.05) is 48.0 Å². The normalized spacial score (nSPS) is 10.8. The zero-order valence-electron chi connectivity index (χ0n) is 9.73. The number of halogens is 2. The highest BCUT2D eigenvalue weighted by molar-refractivity contribution is 7.98. The van der Waals surface area contributed by atoms with Gasteiger partial charge in [-0.3, -0.25) is 0 Å². The molecule has 0 aliphatic rings. The largest absolute Gasteiger partial charge is 0.336 e. The maximum atomic E-state index is 6.10. The van der Waals surface area contributed by atoms with E-state index in [0.717, 1.165) is 17.8 Å². The Balaban J connectivity index is 2.14. The van der Waals surface area contributed by atoms with E-state index in [-0.39, 0.29) is 0 Å². The molecule has 0 bridgehead atoms. The second kappa shape index (κ2) is 5.82. The minimum Gasteiger partial charge on any atom is -0.336 e. The molecule has 2 aromatic rings. The van der Waals surface area contributed by atoms with E-state index in [1.54, 1.807) is 0 Å². The summed E-state index contributed by atoms with van der Waals surface area (Å²) < 4.78 is 1.50. The fourth-order valence-corrected chi connectivity index (χ4v) is 3.07. The molecular formula is C11H12Cl2N4S. The van der Waals surface area contributed by atoms with Gasteiger partial charge in [0.05, 0.1) is 0 Å². The molecule has 0 aliphatic carbocycles. The van der Waals surface area contributed by atoms with E-state index in [2.05, 4.69) is 10.2 Å². The fraction of sp³-hybridized carbons (Fsp3) is 0.273. The van der Waals surface area contributed by atoms with Crippen LogP contribution in [0.1, 0.15) is 18.3 Å². The van der Waals surface area contributed by atoms with E-state index in [1.807, 2.05) is 25.1 Å². The molecule has 0 radical (unpaired) electrons. The number of aryl methyl sites for hydroxylation is 1. The summed E-state index contributed by atoms with van der Waals surface area (Å²) in [4.78, 5) is 0. The molecule has 18 heavy (non-hydrogen) atoms. The summed E-state index contributed by atoms with van der Waals surface area (Å²) in [6, 6.07) is 5.45. The van der Waals surface area contributed by atoms with Crippen molar-refractivity contribution in [2.75, 3.05) is 5.84 Å². The summed E-state index contributed by atoms with van der Waals surface area (Å²) >= 11 is 13.7. The van der Waals surface area contributed by atoms with Crippen molar-refractivity contribution in [1.29, 1.82) is 0 Å². The Bertz CT molecular complexity index is 536. The van der Waals surface area contributed by atoms with Crippen molar-refractivity contribution in [1.82, 2.24) is 14.9 Å². The topological polar surface area (TPSA) is 56.7 Å². The van der Waals surface area contributed by atoms with Gasteiger partial charge >= 0.3 is 0 Å². The molecular weight excluding hydrogens is 291 g/mol. The van der Waals surface area contributed by atoms with Crippen LogP contribution in [-0.2, 0) is 12.2 Å². The molecule has 0 amide bonds. The molecule has 0 saturated heterocycles. The average molecular weight is 303 g/mol. The molecule has 96 valence electrons. The third kappa shape index (κ3) is 2.74. The van der Waals surface area contributed by atoms with Crippen molar-refractivity contribution in [3.8, 4) is 0 Å². The summed E-state index contributed by atoms with van der Waals surface area (Å²) in [5.74, 6) is 7.22. The van der Waals surface area contributed by atoms with E-state index >= 15 is 0 Å². The Labute approximate surface area is 119 Å². The number of nitrogen functional groups attached to an aromatic ring is 1. The molecule has 1 aromatic carbocycles. The van der Waals surface area contributed by atoms with Gasteiger partial charge in [0.25, 0.3) is 0 Å². The molecule has 0 atom stereocenters. The van der Waals surface area contributed by atoms with Crippen molar-refractivity contribution in [3.63, 3.8) is 0 Å². The zero-order chi connectivity index (χ0) is 13.1. The second-order valence-electron chi connectivity index (χ2n) is 3.61. The van der Waals surface area contributed by atoms with E-state index in [9.17, 15) is 0 Å². The van der Waals surface area contributed by atoms with Gasteiger partial charge in [-0.25, -0.2) is 4.68 Å². The van der Waals surface area contributed by atoms with Gasteiger partial charge in [0.2, 0.25) is 5.16 Å². The molecule has 0 saturated carbocycles. The minimum absolute atomic E-state index is 0.609. The highest BCUT2D eigenvalue weighted by atomic mass is 35.5. The first-order valence-electron chi connectivity index (χ1n) is 5.38. The average Bonchev–Trinajstić information content (AvgIpc) is 2.70. The van der Waals surface area contributed by atoms with E-state index < -0.39 is 0 Å². The highest BCUT2D eigenvalue weighted by Gasteiger charge is 2.11. The van der Waals surface area contributed by atoms with Gasteiger partial charge in [-0.05, 0) is 17.7 Å². The number of aromatic nitrogens is 3. The maximum absolute atomic E-state index is 6.10. The lowest BCUT2D eigenvalue weighted by atomic mass is 10.2. The van der Waals surface area contributed by atoms with Gasteiger partial charge < -0.3 is 5.84 Å². The molecule has 0 aliphatic heterocycles. The number of benzene rings is 1. The monoisotopic (exact) mass is 302 g/mol. The third-order valence-electron chi connectivity index (χ3n) is 2.46. The Morgan fingerprint density at radius 3 is 2.50 bits per heavy atom.